The first-order valence-electron chi connectivity index (χ1n) is 8.12. The largest absolute Gasteiger partial charge is 0.393 e. The summed E-state index contributed by atoms with van der Waals surface area (Å²) in [7, 11) is 0. The summed E-state index contributed by atoms with van der Waals surface area (Å²) in [5, 5.41) is 21.8. The van der Waals surface area contributed by atoms with Crippen LogP contribution in [0.5, 0.6) is 0 Å². The summed E-state index contributed by atoms with van der Waals surface area (Å²) in [6, 6.07) is 0. The second kappa shape index (κ2) is 3.32. The van der Waals surface area contributed by atoms with Gasteiger partial charge in [-0.05, 0) is 85.9 Å². The Kier molecular flexibility index (Phi) is 1.97. The van der Waals surface area contributed by atoms with Gasteiger partial charge in [-0.1, -0.05) is 0 Å². The van der Waals surface area contributed by atoms with Gasteiger partial charge in [0, 0.05) is 0 Å². The van der Waals surface area contributed by atoms with Crippen LogP contribution in [0.3, 0.4) is 0 Å². The Bertz CT molecular complexity index is 313. The van der Waals surface area contributed by atoms with Crippen LogP contribution in [0.1, 0.15) is 38.5 Å². The molecule has 0 aliphatic heterocycles. The molecule has 2 N–H and O–H groups in total. The Morgan fingerprint density at radius 2 is 0.778 bits per heavy atom. The molecule has 5 aliphatic rings. The van der Waals surface area contributed by atoms with Crippen molar-refractivity contribution in [2.24, 2.45) is 47.3 Å². The van der Waals surface area contributed by atoms with Crippen LogP contribution in [-0.2, 0) is 0 Å². The van der Waals surface area contributed by atoms with E-state index in [1.807, 2.05) is 0 Å². The lowest BCUT2D eigenvalue weighted by molar-refractivity contribution is -0.149. The van der Waals surface area contributed by atoms with Gasteiger partial charge in [-0.15, -0.1) is 0 Å². The summed E-state index contributed by atoms with van der Waals surface area (Å²) in [5.41, 5.74) is 0. The summed E-state index contributed by atoms with van der Waals surface area (Å²) >= 11 is 0. The van der Waals surface area contributed by atoms with E-state index in [2.05, 4.69) is 0 Å². The highest BCUT2D eigenvalue weighted by molar-refractivity contribution is 5.14. The van der Waals surface area contributed by atoms with Crippen LogP contribution in [0.4, 0.5) is 0 Å². The lowest BCUT2D eigenvalue weighted by atomic mass is 9.57. The minimum Gasteiger partial charge on any atom is -0.393 e. The van der Waals surface area contributed by atoms with Crippen LogP contribution in [0, 0.1) is 47.3 Å². The van der Waals surface area contributed by atoms with Crippen molar-refractivity contribution in [1.82, 2.24) is 0 Å². The first-order chi connectivity index (χ1) is 8.75. The Hall–Kier alpha value is -0.0800. The number of hydrogen-bond donors (Lipinski definition) is 2. The average Bonchev–Trinajstić information content (AvgIpc) is 3.10. The van der Waals surface area contributed by atoms with Gasteiger partial charge in [0.25, 0.3) is 0 Å². The zero-order valence-corrected chi connectivity index (χ0v) is 10.9. The van der Waals surface area contributed by atoms with Gasteiger partial charge >= 0.3 is 0 Å². The van der Waals surface area contributed by atoms with Gasteiger partial charge < -0.3 is 10.2 Å². The Labute approximate surface area is 109 Å². The summed E-state index contributed by atoms with van der Waals surface area (Å²) in [4.78, 5) is 0. The highest BCUT2D eigenvalue weighted by atomic mass is 16.3. The maximum atomic E-state index is 10.9. The second-order valence-corrected chi connectivity index (χ2v) is 7.96. The van der Waals surface area contributed by atoms with Crippen LogP contribution in [0.25, 0.3) is 0 Å². The molecule has 0 heterocycles. The SMILES string of the molecule is OC1[C@@H]2[C@@H]3CC[C@H](C3)[C@H]2C(O)[C@H]2[C@H]3CC[C@H](C3)[C@@H]12. The second-order valence-electron chi connectivity index (χ2n) is 7.96. The van der Waals surface area contributed by atoms with E-state index in [4.69, 9.17) is 0 Å². The maximum absolute atomic E-state index is 10.9. The summed E-state index contributed by atoms with van der Waals surface area (Å²) in [6.07, 6.45) is 7.74. The van der Waals surface area contributed by atoms with Crippen molar-refractivity contribution in [3.63, 3.8) is 0 Å². The van der Waals surface area contributed by atoms with Crippen LogP contribution < -0.4 is 0 Å². The minimum absolute atomic E-state index is 0.0750. The number of rotatable bonds is 0. The van der Waals surface area contributed by atoms with E-state index < -0.39 is 0 Å². The molecule has 0 amide bonds. The first-order valence-corrected chi connectivity index (χ1v) is 8.12. The van der Waals surface area contributed by atoms with Crippen molar-refractivity contribution in [1.29, 1.82) is 0 Å². The van der Waals surface area contributed by atoms with Gasteiger partial charge in [-0.3, -0.25) is 0 Å². The van der Waals surface area contributed by atoms with Gasteiger partial charge in [0.2, 0.25) is 0 Å². The van der Waals surface area contributed by atoms with Gasteiger partial charge in [0.1, 0.15) is 0 Å². The number of aliphatic hydroxyl groups excluding tert-OH is 2. The standard InChI is InChI=1S/C16H24O2/c17-15-11-7-1-2-8(5-7)12(11)16(18)14-10-4-3-9(6-10)13(14)15/h7-18H,1-6H2/t7-,8-,9-,10+,11-,12-,13-,14+,15?,16?/m1/s1. The fraction of sp³-hybridized carbons (Fsp3) is 1.00. The molecule has 5 saturated carbocycles. The summed E-state index contributed by atoms with van der Waals surface area (Å²) in [6.45, 7) is 0. The molecule has 5 rings (SSSR count). The molecule has 0 aromatic rings. The molecule has 0 spiro atoms. The van der Waals surface area contributed by atoms with E-state index in [-0.39, 0.29) is 12.2 Å². The molecular formula is C16H24O2. The molecule has 0 aromatic heterocycles. The van der Waals surface area contributed by atoms with E-state index in [1.54, 1.807) is 0 Å². The molecule has 2 unspecified atom stereocenters. The third kappa shape index (κ3) is 1.06. The molecule has 5 aliphatic carbocycles. The molecule has 5 fully saturated rings. The molecule has 100 valence electrons. The number of hydrogen-bond acceptors (Lipinski definition) is 2. The van der Waals surface area contributed by atoms with Gasteiger partial charge in [-0.25, -0.2) is 0 Å². The van der Waals surface area contributed by atoms with Crippen molar-refractivity contribution in [3.8, 4) is 0 Å². The van der Waals surface area contributed by atoms with E-state index in [9.17, 15) is 10.2 Å². The lowest BCUT2D eigenvalue weighted by Gasteiger charge is -2.51. The van der Waals surface area contributed by atoms with Crippen LogP contribution in [0.15, 0.2) is 0 Å². The first kappa shape index (κ1) is 10.7. The van der Waals surface area contributed by atoms with Gasteiger partial charge in [-0.2, -0.15) is 0 Å². The summed E-state index contributed by atoms with van der Waals surface area (Å²) in [5.74, 6) is 4.79. The summed E-state index contributed by atoms with van der Waals surface area (Å²) < 4.78 is 0. The van der Waals surface area contributed by atoms with Crippen molar-refractivity contribution in [3.05, 3.63) is 0 Å². The quantitative estimate of drug-likeness (QED) is 0.689. The van der Waals surface area contributed by atoms with E-state index in [0.717, 1.165) is 23.7 Å². The zero-order valence-electron chi connectivity index (χ0n) is 10.9. The Balaban J connectivity index is 1.57. The normalized spacial score (nSPS) is 68.3. The van der Waals surface area contributed by atoms with E-state index in [0.29, 0.717) is 23.7 Å². The predicted octanol–water partition coefficient (Wildman–Crippen LogP) is 2.05. The molecule has 0 saturated heterocycles. The third-order valence-corrected chi connectivity index (χ3v) is 7.67. The molecule has 18 heavy (non-hydrogen) atoms. The van der Waals surface area contributed by atoms with Gasteiger partial charge in [0.15, 0.2) is 0 Å². The fourth-order valence-corrected chi connectivity index (χ4v) is 7.30. The minimum atomic E-state index is -0.0750. The molecule has 2 nitrogen and oxygen atoms in total. The monoisotopic (exact) mass is 248 g/mol. The number of aliphatic hydroxyl groups is 2. The molecule has 0 radical (unpaired) electrons. The van der Waals surface area contributed by atoms with E-state index in [1.165, 1.54) is 38.5 Å². The fourth-order valence-electron chi connectivity index (χ4n) is 7.30. The van der Waals surface area contributed by atoms with Crippen molar-refractivity contribution in [2.75, 3.05) is 0 Å². The maximum Gasteiger partial charge on any atom is 0.0609 e. The molecular weight excluding hydrogens is 224 g/mol. The highest BCUT2D eigenvalue weighted by Crippen LogP contribution is 2.66. The topological polar surface area (TPSA) is 40.5 Å². The zero-order chi connectivity index (χ0) is 12.0. The van der Waals surface area contributed by atoms with Crippen LogP contribution in [-0.4, -0.2) is 22.4 Å². The Morgan fingerprint density at radius 3 is 1.06 bits per heavy atom. The van der Waals surface area contributed by atoms with Crippen LogP contribution >= 0.6 is 0 Å². The van der Waals surface area contributed by atoms with Crippen molar-refractivity contribution in [2.45, 2.75) is 50.7 Å². The van der Waals surface area contributed by atoms with Crippen molar-refractivity contribution < 1.29 is 10.2 Å². The Morgan fingerprint density at radius 1 is 0.500 bits per heavy atom. The van der Waals surface area contributed by atoms with E-state index >= 15 is 0 Å². The lowest BCUT2D eigenvalue weighted by Crippen LogP contribution is -2.55. The van der Waals surface area contributed by atoms with Gasteiger partial charge in [0.05, 0.1) is 12.2 Å². The predicted molar refractivity (Wildman–Crippen MR) is 67.6 cm³/mol. The van der Waals surface area contributed by atoms with Crippen LogP contribution in [0.2, 0.25) is 0 Å². The number of fused-ring (bicyclic) bond motifs is 10. The molecule has 10 atom stereocenters. The highest BCUT2D eigenvalue weighted by Gasteiger charge is 2.65. The molecule has 4 bridgehead atoms. The smallest absolute Gasteiger partial charge is 0.0609 e. The third-order valence-electron chi connectivity index (χ3n) is 7.67. The molecule has 0 aromatic carbocycles. The van der Waals surface area contributed by atoms with Crippen molar-refractivity contribution >= 4 is 0 Å². The average molecular weight is 248 g/mol. The molecule has 2 heteroatoms.